The van der Waals surface area contributed by atoms with Gasteiger partial charge in [0.15, 0.2) is 6.10 Å². The zero-order valence-electron chi connectivity index (χ0n) is 16.1. The number of imide groups is 1. The quantitative estimate of drug-likeness (QED) is 0.580. The third-order valence-electron chi connectivity index (χ3n) is 4.32. The van der Waals surface area contributed by atoms with E-state index >= 15 is 0 Å². The first-order valence-electron chi connectivity index (χ1n) is 8.82. The topological polar surface area (TPSA) is 96.0 Å². The molecule has 0 spiro atoms. The molecule has 2 rings (SSSR count). The lowest BCUT2D eigenvalue weighted by Gasteiger charge is -2.16. The van der Waals surface area contributed by atoms with Crippen LogP contribution < -0.4 is 5.32 Å². The van der Waals surface area contributed by atoms with Crippen molar-refractivity contribution in [3.8, 4) is 0 Å². The van der Waals surface area contributed by atoms with Crippen molar-refractivity contribution in [1.29, 1.82) is 0 Å². The van der Waals surface area contributed by atoms with E-state index in [1.807, 2.05) is 32.0 Å². The first-order chi connectivity index (χ1) is 12.7. The van der Waals surface area contributed by atoms with Gasteiger partial charge in [-0.3, -0.25) is 19.3 Å². The van der Waals surface area contributed by atoms with Gasteiger partial charge in [-0.25, -0.2) is 4.79 Å². The van der Waals surface area contributed by atoms with E-state index in [0.29, 0.717) is 5.69 Å². The molecular formula is C19H25N3O5. The molecule has 4 amide bonds. The molecule has 0 unspecified atom stereocenters. The highest BCUT2D eigenvalue weighted by atomic mass is 16.5. The van der Waals surface area contributed by atoms with Crippen molar-refractivity contribution >= 4 is 29.5 Å². The molecule has 1 saturated heterocycles. The van der Waals surface area contributed by atoms with Gasteiger partial charge in [-0.05, 0) is 44.4 Å². The summed E-state index contributed by atoms with van der Waals surface area (Å²) >= 11 is 0. The van der Waals surface area contributed by atoms with Crippen LogP contribution in [0.4, 0.5) is 10.5 Å². The smallest absolute Gasteiger partial charge is 0.326 e. The molecule has 0 radical (unpaired) electrons. The lowest BCUT2D eigenvalue weighted by molar-refractivity contribution is -0.153. The number of ether oxygens (including phenoxy) is 1. The van der Waals surface area contributed by atoms with Crippen LogP contribution in [0, 0.1) is 13.8 Å². The Labute approximate surface area is 158 Å². The Morgan fingerprint density at radius 3 is 2.59 bits per heavy atom. The van der Waals surface area contributed by atoms with E-state index in [1.165, 1.54) is 11.8 Å². The number of rotatable bonds is 7. The zero-order chi connectivity index (χ0) is 20.1. The van der Waals surface area contributed by atoms with E-state index in [4.69, 9.17) is 4.74 Å². The van der Waals surface area contributed by atoms with Crippen LogP contribution in [0.15, 0.2) is 18.2 Å². The Morgan fingerprint density at radius 1 is 1.26 bits per heavy atom. The molecule has 1 aromatic carbocycles. The van der Waals surface area contributed by atoms with E-state index in [2.05, 4.69) is 5.32 Å². The third kappa shape index (κ3) is 5.29. The van der Waals surface area contributed by atoms with Gasteiger partial charge in [-0.1, -0.05) is 12.1 Å². The number of likely N-dealkylation sites (N-methyl/N-ethyl adjacent to an activating group) is 1. The van der Waals surface area contributed by atoms with Crippen LogP contribution in [0.1, 0.15) is 30.9 Å². The van der Waals surface area contributed by atoms with Crippen LogP contribution in [0.3, 0.4) is 0 Å². The minimum atomic E-state index is -0.946. The molecule has 0 bridgehead atoms. The maximum absolute atomic E-state index is 12.2. The molecule has 1 heterocycles. The summed E-state index contributed by atoms with van der Waals surface area (Å²) in [5.41, 5.74) is 2.60. The average molecular weight is 375 g/mol. The summed E-state index contributed by atoms with van der Waals surface area (Å²) in [5, 5.41) is 2.75. The number of nitrogens with zero attached hydrogens (tertiary/aromatic N) is 2. The van der Waals surface area contributed by atoms with Crippen LogP contribution in [-0.2, 0) is 19.1 Å². The van der Waals surface area contributed by atoms with Gasteiger partial charge >= 0.3 is 12.0 Å². The fourth-order valence-corrected chi connectivity index (χ4v) is 2.68. The molecule has 1 aromatic rings. The zero-order valence-corrected chi connectivity index (χ0v) is 16.1. The maximum Gasteiger partial charge on any atom is 0.326 e. The highest BCUT2D eigenvalue weighted by molar-refractivity contribution is 6.01. The SMILES string of the molecule is Cc1ccc(C)c(NC(=O)[C@H](C)OC(=O)CCCN2C(=O)CN(C)C2=O)c1. The van der Waals surface area contributed by atoms with Crippen LogP contribution in [0.5, 0.6) is 0 Å². The van der Waals surface area contributed by atoms with Gasteiger partial charge in [-0.2, -0.15) is 0 Å². The Balaban J connectivity index is 1.78. The van der Waals surface area contributed by atoms with Crippen molar-refractivity contribution in [2.24, 2.45) is 0 Å². The van der Waals surface area contributed by atoms with Gasteiger partial charge in [0.25, 0.3) is 5.91 Å². The second kappa shape index (κ2) is 8.66. The predicted molar refractivity (Wildman–Crippen MR) is 99.1 cm³/mol. The van der Waals surface area contributed by atoms with Gasteiger partial charge in [0.05, 0.1) is 0 Å². The lowest BCUT2D eigenvalue weighted by atomic mass is 10.1. The normalized spacial score (nSPS) is 15.1. The second-order valence-electron chi connectivity index (χ2n) is 6.73. The highest BCUT2D eigenvalue weighted by Gasteiger charge is 2.33. The molecule has 0 aliphatic carbocycles. The number of anilines is 1. The molecule has 1 aliphatic rings. The van der Waals surface area contributed by atoms with E-state index < -0.39 is 18.0 Å². The van der Waals surface area contributed by atoms with Crippen molar-refractivity contribution in [3.63, 3.8) is 0 Å². The summed E-state index contributed by atoms with van der Waals surface area (Å²) in [6.45, 7) is 5.51. The van der Waals surface area contributed by atoms with E-state index in [9.17, 15) is 19.2 Å². The first-order valence-corrected chi connectivity index (χ1v) is 8.82. The number of carbonyl (C=O) groups is 4. The van der Waals surface area contributed by atoms with Gasteiger partial charge in [0.1, 0.15) is 6.54 Å². The maximum atomic E-state index is 12.2. The van der Waals surface area contributed by atoms with E-state index in [0.717, 1.165) is 16.0 Å². The van der Waals surface area contributed by atoms with Crippen LogP contribution in [-0.4, -0.2) is 59.9 Å². The summed E-state index contributed by atoms with van der Waals surface area (Å²) in [7, 11) is 1.55. The Hall–Kier alpha value is -2.90. The fraction of sp³-hybridized carbons (Fsp3) is 0.474. The summed E-state index contributed by atoms with van der Waals surface area (Å²) in [5.74, 6) is -1.24. The molecule has 8 nitrogen and oxygen atoms in total. The average Bonchev–Trinajstić information content (AvgIpc) is 2.84. The number of amides is 4. The minimum Gasteiger partial charge on any atom is -0.453 e. The predicted octanol–water partition coefficient (Wildman–Crippen LogP) is 1.85. The summed E-state index contributed by atoms with van der Waals surface area (Å²) in [6, 6.07) is 5.33. The largest absolute Gasteiger partial charge is 0.453 e. The van der Waals surface area contributed by atoms with Crippen LogP contribution in [0.2, 0.25) is 0 Å². The second-order valence-corrected chi connectivity index (χ2v) is 6.73. The van der Waals surface area contributed by atoms with Crippen molar-refractivity contribution < 1.29 is 23.9 Å². The van der Waals surface area contributed by atoms with Gasteiger partial charge in [0, 0.05) is 25.7 Å². The number of aryl methyl sites for hydroxylation is 2. The Kier molecular flexibility index (Phi) is 6.55. The van der Waals surface area contributed by atoms with Crippen molar-refractivity contribution in [2.45, 2.75) is 39.7 Å². The van der Waals surface area contributed by atoms with E-state index in [-0.39, 0.29) is 37.9 Å². The minimum absolute atomic E-state index is 0.0157. The number of hydrogen-bond donors (Lipinski definition) is 1. The van der Waals surface area contributed by atoms with E-state index in [1.54, 1.807) is 7.05 Å². The molecule has 27 heavy (non-hydrogen) atoms. The molecule has 1 fully saturated rings. The van der Waals surface area contributed by atoms with Gasteiger partial charge < -0.3 is 15.0 Å². The Bertz CT molecular complexity index is 762. The van der Waals surface area contributed by atoms with Crippen molar-refractivity contribution in [2.75, 3.05) is 25.5 Å². The van der Waals surface area contributed by atoms with Crippen molar-refractivity contribution in [1.82, 2.24) is 9.80 Å². The molecule has 0 saturated carbocycles. The van der Waals surface area contributed by atoms with Gasteiger partial charge in [0.2, 0.25) is 5.91 Å². The molecule has 146 valence electrons. The van der Waals surface area contributed by atoms with Crippen LogP contribution in [0.25, 0.3) is 0 Å². The standard InChI is InChI=1S/C19H25N3O5/c1-12-7-8-13(2)15(10-12)20-18(25)14(3)27-17(24)6-5-9-22-16(23)11-21(4)19(22)26/h7-8,10,14H,5-6,9,11H2,1-4H3,(H,20,25)/t14-/m0/s1. The summed E-state index contributed by atoms with van der Waals surface area (Å²) in [6.07, 6.45) is -0.643. The molecule has 1 aliphatic heterocycles. The molecule has 1 atom stereocenters. The first kappa shape index (κ1) is 20.4. The molecular weight excluding hydrogens is 350 g/mol. The summed E-state index contributed by atoms with van der Waals surface area (Å²) < 4.78 is 5.14. The lowest BCUT2D eigenvalue weighted by Crippen LogP contribution is -2.33. The number of benzene rings is 1. The number of carbonyl (C=O) groups excluding carboxylic acids is 4. The number of esters is 1. The van der Waals surface area contributed by atoms with Gasteiger partial charge in [-0.15, -0.1) is 0 Å². The van der Waals surface area contributed by atoms with Crippen molar-refractivity contribution in [3.05, 3.63) is 29.3 Å². The molecule has 0 aromatic heterocycles. The number of nitrogens with one attached hydrogen (secondary N) is 1. The Morgan fingerprint density at radius 2 is 1.96 bits per heavy atom. The molecule has 1 N–H and O–H groups in total. The number of urea groups is 1. The summed E-state index contributed by atoms with van der Waals surface area (Å²) in [4.78, 5) is 50.0. The molecule has 8 heteroatoms. The highest BCUT2D eigenvalue weighted by Crippen LogP contribution is 2.17. The van der Waals surface area contributed by atoms with Crippen LogP contribution >= 0.6 is 0 Å². The third-order valence-corrected chi connectivity index (χ3v) is 4.32. The number of hydrogen-bond acceptors (Lipinski definition) is 5. The fourth-order valence-electron chi connectivity index (χ4n) is 2.68. The monoisotopic (exact) mass is 375 g/mol.